The maximum absolute atomic E-state index is 9.69. The molecule has 2 heterocycles. The number of hydrogen-bond donors (Lipinski definition) is 1. The first-order valence-electron chi connectivity index (χ1n) is 6.35. The van der Waals surface area contributed by atoms with Crippen LogP contribution in [0.1, 0.15) is 44.0 Å². The summed E-state index contributed by atoms with van der Waals surface area (Å²) in [6.45, 7) is 7.86. The van der Waals surface area contributed by atoms with Crippen molar-refractivity contribution >= 4 is 5.95 Å². The minimum Gasteiger partial charge on any atom is -0.391 e. The zero-order valence-electron chi connectivity index (χ0n) is 10.8. The number of hydrogen-bond acceptors (Lipinski definition) is 4. The van der Waals surface area contributed by atoms with E-state index < -0.39 is 0 Å². The van der Waals surface area contributed by atoms with E-state index >= 15 is 0 Å². The van der Waals surface area contributed by atoms with E-state index in [1.54, 1.807) is 0 Å². The zero-order valence-corrected chi connectivity index (χ0v) is 10.8. The largest absolute Gasteiger partial charge is 0.391 e. The van der Waals surface area contributed by atoms with Gasteiger partial charge in [0.1, 0.15) is 0 Å². The molecule has 0 aliphatic carbocycles. The minimum absolute atomic E-state index is 0.240. The fourth-order valence-electron chi connectivity index (χ4n) is 2.15. The number of rotatable bonds is 2. The van der Waals surface area contributed by atoms with Gasteiger partial charge in [0.15, 0.2) is 0 Å². The van der Waals surface area contributed by atoms with Gasteiger partial charge in [-0.05, 0) is 31.7 Å². The molecule has 0 aromatic carbocycles. The molecular weight excluding hydrogens is 214 g/mol. The van der Waals surface area contributed by atoms with E-state index in [0.29, 0.717) is 12.5 Å². The second-order valence-corrected chi connectivity index (χ2v) is 5.13. The van der Waals surface area contributed by atoms with Gasteiger partial charge in [-0.2, -0.15) is 0 Å². The Morgan fingerprint density at radius 3 is 2.82 bits per heavy atom. The maximum atomic E-state index is 9.69. The van der Waals surface area contributed by atoms with E-state index in [9.17, 15) is 5.11 Å². The average molecular weight is 235 g/mol. The minimum atomic E-state index is -0.240. The third-order valence-electron chi connectivity index (χ3n) is 3.13. The number of aliphatic hydroxyl groups is 1. The molecule has 0 amide bonds. The first-order chi connectivity index (χ1) is 8.06. The van der Waals surface area contributed by atoms with Gasteiger partial charge in [-0.1, -0.05) is 13.8 Å². The summed E-state index contributed by atoms with van der Waals surface area (Å²) in [5, 5.41) is 9.69. The molecule has 0 radical (unpaired) electrons. The number of β-amino-alcohol motifs (C(OH)–C–C–N with tert-alkyl or cyclic N) is 1. The van der Waals surface area contributed by atoms with Crippen LogP contribution in [-0.4, -0.2) is 34.3 Å². The van der Waals surface area contributed by atoms with Crippen LogP contribution in [0, 0.1) is 6.92 Å². The number of piperidine rings is 1. The predicted octanol–water partition coefficient (Wildman–Crippen LogP) is 1.87. The average Bonchev–Trinajstić information content (AvgIpc) is 2.28. The van der Waals surface area contributed by atoms with Crippen LogP contribution in [-0.2, 0) is 0 Å². The molecule has 1 saturated heterocycles. The molecular formula is C13H21N3O. The number of aliphatic hydroxyl groups excluding tert-OH is 1. The summed E-state index contributed by atoms with van der Waals surface area (Å²) in [5.41, 5.74) is 2.08. The van der Waals surface area contributed by atoms with Crippen LogP contribution in [0.3, 0.4) is 0 Å². The van der Waals surface area contributed by atoms with Gasteiger partial charge in [-0.25, -0.2) is 9.97 Å². The van der Waals surface area contributed by atoms with E-state index in [4.69, 9.17) is 0 Å². The number of aromatic nitrogens is 2. The highest BCUT2D eigenvalue weighted by atomic mass is 16.3. The highest BCUT2D eigenvalue weighted by molar-refractivity contribution is 5.34. The number of nitrogens with zero attached hydrogens (tertiary/aromatic N) is 3. The summed E-state index contributed by atoms with van der Waals surface area (Å²) in [7, 11) is 0. The molecule has 0 spiro atoms. The topological polar surface area (TPSA) is 49.2 Å². The van der Waals surface area contributed by atoms with Crippen molar-refractivity contribution in [3.05, 3.63) is 17.5 Å². The Hall–Kier alpha value is -1.16. The fourth-order valence-corrected chi connectivity index (χ4v) is 2.15. The molecule has 17 heavy (non-hydrogen) atoms. The molecule has 2 rings (SSSR count). The van der Waals surface area contributed by atoms with Crippen molar-refractivity contribution in [1.82, 2.24) is 9.97 Å². The Kier molecular flexibility index (Phi) is 3.62. The van der Waals surface area contributed by atoms with Gasteiger partial charge < -0.3 is 10.0 Å². The summed E-state index contributed by atoms with van der Waals surface area (Å²) in [6.07, 6.45) is 1.66. The second kappa shape index (κ2) is 5.00. The summed E-state index contributed by atoms with van der Waals surface area (Å²) >= 11 is 0. The normalized spacial score (nSPS) is 21.0. The summed E-state index contributed by atoms with van der Waals surface area (Å²) < 4.78 is 0. The van der Waals surface area contributed by atoms with Crippen LogP contribution in [0.5, 0.6) is 0 Å². The van der Waals surface area contributed by atoms with Gasteiger partial charge in [0.2, 0.25) is 5.95 Å². The van der Waals surface area contributed by atoms with Crippen molar-refractivity contribution in [2.45, 2.75) is 45.6 Å². The van der Waals surface area contributed by atoms with Gasteiger partial charge in [0, 0.05) is 24.5 Å². The predicted molar refractivity (Wildman–Crippen MR) is 68.3 cm³/mol. The molecule has 1 aromatic heterocycles. The number of aryl methyl sites for hydroxylation is 1. The molecule has 0 saturated carbocycles. The third-order valence-corrected chi connectivity index (χ3v) is 3.13. The molecule has 1 aliphatic rings. The lowest BCUT2D eigenvalue weighted by molar-refractivity contribution is 0.153. The summed E-state index contributed by atoms with van der Waals surface area (Å²) in [4.78, 5) is 11.2. The van der Waals surface area contributed by atoms with Gasteiger partial charge >= 0.3 is 0 Å². The first-order valence-corrected chi connectivity index (χ1v) is 6.35. The molecule has 1 atom stereocenters. The number of anilines is 1. The Balaban J connectivity index is 2.25. The van der Waals surface area contributed by atoms with Crippen molar-refractivity contribution in [3.63, 3.8) is 0 Å². The quantitative estimate of drug-likeness (QED) is 0.850. The first kappa shape index (κ1) is 12.3. The molecule has 1 unspecified atom stereocenters. The van der Waals surface area contributed by atoms with Crippen LogP contribution in [0.25, 0.3) is 0 Å². The Morgan fingerprint density at radius 1 is 1.41 bits per heavy atom. The zero-order chi connectivity index (χ0) is 12.4. The maximum Gasteiger partial charge on any atom is 0.225 e. The van der Waals surface area contributed by atoms with Crippen molar-refractivity contribution in [1.29, 1.82) is 0 Å². The van der Waals surface area contributed by atoms with Gasteiger partial charge in [0.25, 0.3) is 0 Å². The van der Waals surface area contributed by atoms with Crippen molar-refractivity contribution in [2.24, 2.45) is 0 Å². The van der Waals surface area contributed by atoms with Crippen molar-refractivity contribution in [3.8, 4) is 0 Å². The third kappa shape index (κ3) is 2.94. The van der Waals surface area contributed by atoms with E-state index in [2.05, 4.69) is 28.7 Å². The Bertz CT molecular complexity index is 392. The van der Waals surface area contributed by atoms with E-state index in [-0.39, 0.29) is 6.10 Å². The summed E-state index contributed by atoms with van der Waals surface area (Å²) in [5.74, 6) is 1.18. The fraction of sp³-hybridized carbons (Fsp3) is 0.692. The second-order valence-electron chi connectivity index (χ2n) is 5.13. The lowest BCUT2D eigenvalue weighted by Crippen LogP contribution is -2.39. The Morgan fingerprint density at radius 2 is 2.18 bits per heavy atom. The van der Waals surface area contributed by atoms with Gasteiger partial charge in [-0.15, -0.1) is 0 Å². The molecule has 1 aromatic rings. The van der Waals surface area contributed by atoms with E-state index in [1.165, 1.54) is 0 Å². The van der Waals surface area contributed by atoms with Crippen LogP contribution in [0.4, 0.5) is 5.95 Å². The van der Waals surface area contributed by atoms with Crippen LogP contribution < -0.4 is 4.90 Å². The SMILES string of the molecule is Cc1cc(C(C)C)nc(N2CCCC(O)C2)n1. The standard InChI is InChI=1S/C13H21N3O/c1-9(2)12-7-10(3)14-13(15-12)16-6-4-5-11(17)8-16/h7,9,11,17H,4-6,8H2,1-3H3. The molecule has 4 nitrogen and oxygen atoms in total. The highest BCUT2D eigenvalue weighted by Crippen LogP contribution is 2.20. The van der Waals surface area contributed by atoms with Gasteiger partial charge in [0.05, 0.1) is 6.10 Å². The van der Waals surface area contributed by atoms with Crippen LogP contribution in [0.15, 0.2) is 6.07 Å². The van der Waals surface area contributed by atoms with Crippen LogP contribution in [0.2, 0.25) is 0 Å². The molecule has 1 fully saturated rings. The lowest BCUT2D eigenvalue weighted by atomic mass is 10.1. The molecule has 94 valence electrons. The molecule has 4 heteroatoms. The molecule has 0 bridgehead atoms. The van der Waals surface area contributed by atoms with Crippen LogP contribution >= 0.6 is 0 Å². The monoisotopic (exact) mass is 235 g/mol. The molecule has 1 aliphatic heterocycles. The van der Waals surface area contributed by atoms with E-state index in [1.807, 2.05) is 13.0 Å². The summed E-state index contributed by atoms with van der Waals surface area (Å²) in [6, 6.07) is 2.04. The Labute approximate surface area is 103 Å². The van der Waals surface area contributed by atoms with Gasteiger partial charge in [-0.3, -0.25) is 0 Å². The van der Waals surface area contributed by atoms with E-state index in [0.717, 1.165) is 36.7 Å². The van der Waals surface area contributed by atoms with Crippen molar-refractivity contribution in [2.75, 3.05) is 18.0 Å². The lowest BCUT2D eigenvalue weighted by Gasteiger charge is -2.30. The van der Waals surface area contributed by atoms with Crippen molar-refractivity contribution < 1.29 is 5.11 Å². The molecule has 1 N–H and O–H groups in total. The smallest absolute Gasteiger partial charge is 0.225 e. The highest BCUT2D eigenvalue weighted by Gasteiger charge is 2.20.